The molecule has 8 heteroatoms. The molecule has 1 unspecified atom stereocenters. The molecule has 0 fully saturated rings. The van der Waals surface area contributed by atoms with E-state index in [9.17, 15) is 8.42 Å². The molecule has 0 spiro atoms. The second kappa shape index (κ2) is 8.27. The summed E-state index contributed by atoms with van der Waals surface area (Å²) in [4.78, 5) is -0.0158. The zero-order valence-corrected chi connectivity index (χ0v) is 19.3. The van der Waals surface area contributed by atoms with Gasteiger partial charge in [-0.15, -0.1) is 0 Å². The lowest BCUT2D eigenvalue weighted by molar-refractivity contribution is 0.164. The molecule has 6 nitrogen and oxygen atoms in total. The van der Waals surface area contributed by atoms with E-state index in [1.807, 2.05) is 54.6 Å². The summed E-state index contributed by atoms with van der Waals surface area (Å²) in [7, 11) is -3.84. The fourth-order valence-electron chi connectivity index (χ4n) is 4.04. The topological polar surface area (TPSA) is 91.8 Å². The fraction of sp³-hybridized carbons (Fsp3) is 0.167. The Labute approximate surface area is 194 Å². The fourth-order valence-corrected chi connectivity index (χ4v) is 5.10. The number of para-hydroxylation sites is 1. The molecule has 164 valence electrons. The predicted octanol–water partition coefficient (Wildman–Crippen LogP) is 5.20. The van der Waals surface area contributed by atoms with Crippen molar-refractivity contribution in [3.8, 4) is 11.5 Å². The van der Waals surface area contributed by atoms with E-state index in [4.69, 9.17) is 19.0 Å². The van der Waals surface area contributed by atoms with Crippen molar-refractivity contribution in [3.63, 3.8) is 0 Å². The van der Waals surface area contributed by atoms with E-state index in [0.29, 0.717) is 24.5 Å². The van der Waals surface area contributed by atoms with Gasteiger partial charge in [0.2, 0.25) is 10.0 Å². The molecule has 0 amide bonds. The summed E-state index contributed by atoms with van der Waals surface area (Å²) >= 11 is 3.68. The molecular formula is C24H20BrNO5S. The largest absolute Gasteiger partial charge is 0.490 e. The molecule has 0 aliphatic carbocycles. The van der Waals surface area contributed by atoms with Gasteiger partial charge in [0.15, 0.2) is 11.5 Å². The van der Waals surface area contributed by atoms with E-state index < -0.39 is 10.0 Å². The van der Waals surface area contributed by atoms with Gasteiger partial charge in [0, 0.05) is 22.3 Å². The van der Waals surface area contributed by atoms with Gasteiger partial charge in [0.1, 0.15) is 17.4 Å². The number of benzene rings is 3. The Balaban J connectivity index is 1.59. The summed E-state index contributed by atoms with van der Waals surface area (Å²) in [5.74, 6) is 1.39. The van der Waals surface area contributed by atoms with Crippen molar-refractivity contribution in [1.82, 2.24) is 0 Å². The maximum Gasteiger partial charge on any atom is 0.238 e. The summed E-state index contributed by atoms with van der Waals surface area (Å²) in [5.41, 5.74) is 1.84. The van der Waals surface area contributed by atoms with Crippen LogP contribution in [-0.2, 0) is 10.0 Å². The van der Waals surface area contributed by atoms with Gasteiger partial charge in [0.25, 0.3) is 0 Å². The molecule has 0 radical (unpaired) electrons. The standard InChI is InChI=1S/C24H20BrNO5S/c25-18-7-3-2-6-17(18)24(23-13-15-5-1-4-8-19(15)30-23)21-11-12-29-22-14-16(32(26,27)28)9-10-20(22)31-21/h1-10,13-14,21,24H,11-12H2,(H2,26,27,28)/t21?,24-/m0/s1. The quantitative estimate of drug-likeness (QED) is 0.404. The number of halogens is 1. The van der Waals surface area contributed by atoms with Crippen LogP contribution in [-0.4, -0.2) is 21.1 Å². The molecule has 2 atom stereocenters. The second-order valence-electron chi connectivity index (χ2n) is 7.63. The Morgan fingerprint density at radius 2 is 1.75 bits per heavy atom. The van der Waals surface area contributed by atoms with Crippen LogP contribution in [0.5, 0.6) is 11.5 Å². The minimum atomic E-state index is -3.84. The Morgan fingerprint density at radius 3 is 2.53 bits per heavy atom. The summed E-state index contributed by atoms with van der Waals surface area (Å²) < 4.78 is 42.9. The molecule has 3 aromatic carbocycles. The molecule has 1 aromatic heterocycles. The summed E-state index contributed by atoms with van der Waals surface area (Å²) in [6.07, 6.45) is 0.262. The maximum atomic E-state index is 11.7. The van der Waals surface area contributed by atoms with Crippen LogP contribution < -0.4 is 14.6 Å². The first-order valence-corrected chi connectivity index (χ1v) is 12.4. The molecule has 4 aromatic rings. The highest BCUT2D eigenvalue weighted by molar-refractivity contribution is 9.10. The SMILES string of the molecule is NS(=O)(=O)c1ccc2c(c1)OCCC([C@@H](c1cc3ccccc3o1)c1ccccc1Br)O2. The average molecular weight is 514 g/mol. The van der Waals surface area contributed by atoms with Crippen LogP contribution in [0.1, 0.15) is 23.7 Å². The van der Waals surface area contributed by atoms with Crippen molar-refractivity contribution in [1.29, 1.82) is 0 Å². The van der Waals surface area contributed by atoms with Crippen molar-refractivity contribution in [2.24, 2.45) is 5.14 Å². The van der Waals surface area contributed by atoms with E-state index in [1.165, 1.54) is 12.1 Å². The molecule has 2 N–H and O–H groups in total. The van der Waals surface area contributed by atoms with Crippen LogP contribution in [0.15, 0.2) is 86.6 Å². The normalized spacial score (nSPS) is 17.1. The average Bonchev–Trinajstić information content (AvgIpc) is 3.07. The zero-order valence-electron chi connectivity index (χ0n) is 16.9. The molecule has 1 aliphatic rings. The van der Waals surface area contributed by atoms with Crippen molar-refractivity contribution in [2.45, 2.75) is 23.3 Å². The zero-order chi connectivity index (χ0) is 22.3. The van der Waals surface area contributed by atoms with Gasteiger partial charge in [-0.3, -0.25) is 0 Å². The van der Waals surface area contributed by atoms with E-state index in [2.05, 4.69) is 15.9 Å². The van der Waals surface area contributed by atoms with Gasteiger partial charge < -0.3 is 13.9 Å². The minimum Gasteiger partial charge on any atom is -0.490 e. The molecule has 0 saturated carbocycles. The number of hydrogen-bond donors (Lipinski definition) is 1. The highest BCUT2D eigenvalue weighted by atomic mass is 79.9. The third-order valence-electron chi connectivity index (χ3n) is 5.55. The number of primary sulfonamides is 1. The molecule has 32 heavy (non-hydrogen) atoms. The minimum absolute atomic E-state index is 0.0158. The van der Waals surface area contributed by atoms with Gasteiger partial charge in [0.05, 0.1) is 17.4 Å². The van der Waals surface area contributed by atoms with E-state index >= 15 is 0 Å². The Bertz CT molecular complexity index is 1370. The van der Waals surface area contributed by atoms with Crippen LogP contribution in [0.2, 0.25) is 0 Å². The van der Waals surface area contributed by atoms with E-state index in [0.717, 1.165) is 26.8 Å². The van der Waals surface area contributed by atoms with Crippen LogP contribution >= 0.6 is 15.9 Å². The Morgan fingerprint density at radius 1 is 0.969 bits per heavy atom. The van der Waals surface area contributed by atoms with Crippen LogP contribution in [0, 0.1) is 0 Å². The van der Waals surface area contributed by atoms with Crippen LogP contribution in [0.4, 0.5) is 0 Å². The van der Waals surface area contributed by atoms with Crippen molar-refractivity contribution < 1.29 is 22.3 Å². The number of rotatable bonds is 4. The van der Waals surface area contributed by atoms with Crippen molar-refractivity contribution in [2.75, 3.05) is 6.61 Å². The first-order valence-electron chi connectivity index (χ1n) is 10.1. The van der Waals surface area contributed by atoms with Crippen LogP contribution in [0.25, 0.3) is 11.0 Å². The number of nitrogens with two attached hydrogens (primary N) is 1. The highest BCUT2D eigenvalue weighted by Crippen LogP contribution is 2.42. The molecule has 0 saturated heterocycles. The molecular weight excluding hydrogens is 494 g/mol. The first-order chi connectivity index (χ1) is 15.4. The monoisotopic (exact) mass is 513 g/mol. The number of fused-ring (bicyclic) bond motifs is 2. The lowest BCUT2D eigenvalue weighted by Crippen LogP contribution is -2.27. The van der Waals surface area contributed by atoms with Gasteiger partial charge in [-0.2, -0.15) is 0 Å². The van der Waals surface area contributed by atoms with E-state index in [-0.39, 0.29) is 16.9 Å². The van der Waals surface area contributed by atoms with Crippen molar-refractivity contribution >= 4 is 36.9 Å². The predicted molar refractivity (Wildman–Crippen MR) is 125 cm³/mol. The van der Waals surface area contributed by atoms with Gasteiger partial charge in [-0.05, 0) is 35.9 Å². The smallest absolute Gasteiger partial charge is 0.238 e. The lowest BCUT2D eigenvalue weighted by Gasteiger charge is -2.26. The van der Waals surface area contributed by atoms with Crippen molar-refractivity contribution in [3.05, 3.63) is 88.6 Å². The van der Waals surface area contributed by atoms with E-state index in [1.54, 1.807) is 6.07 Å². The summed E-state index contributed by atoms with van der Waals surface area (Å²) in [5, 5.41) is 6.28. The van der Waals surface area contributed by atoms with Crippen LogP contribution in [0.3, 0.4) is 0 Å². The second-order valence-corrected chi connectivity index (χ2v) is 10.0. The maximum absolute atomic E-state index is 11.7. The number of hydrogen-bond acceptors (Lipinski definition) is 5. The molecule has 0 bridgehead atoms. The highest BCUT2D eigenvalue weighted by Gasteiger charge is 2.33. The number of furan rings is 1. The molecule has 2 heterocycles. The van der Waals surface area contributed by atoms with Gasteiger partial charge in [-0.1, -0.05) is 52.3 Å². The van der Waals surface area contributed by atoms with Gasteiger partial charge >= 0.3 is 0 Å². The van der Waals surface area contributed by atoms with Gasteiger partial charge in [-0.25, -0.2) is 13.6 Å². The third kappa shape index (κ3) is 4.01. The number of ether oxygens (including phenoxy) is 2. The molecule has 5 rings (SSSR count). The summed E-state index contributed by atoms with van der Waals surface area (Å²) in [6, 6.07) is 22.3. The number of sulfonamides is 1. The Kier molecular flexibility index (Phi) is 5.44. The first kappa shape index (κ1) is 21.1. The third-order valence-corrected chi connectivity index (χ3v) is 7.18. The molecule has 1 aliphatic heterocycles. The Hall–Kier alpha value is -2.81. The summed E-state index contributed by atoms with van der Waals surface area (Å²) in [6.45, 7) is 0.354. The lowest BCUT2D eigenvalue weighted by atomic mass is 9.89.